The van der Waals surface area contributed by atoms with E-state index in [1.54, 1.807) is 0 Å². The number of nitrogens with one attached hydrogen (secondary N) is 1. The standard InChI is InChI=1S/C21H22N2O5S/c1-12-9-14(11-18-19(24)23-21(26)29-18)5-8-17(12)28-15-6-3-13(4-7-15)10-16(22)20(25)27-2/h3-9,16,24H,10-11,22H2,1-2H3,(H,23,26). The van der Waals surface area contributed by atoms with Gasteiger partial charge in [-0.15, -0.1) is 0 Å². The summed E-state index contributed by atoms with van der Waals surface area (Å²) in [5.41, 5.74) is 8.59. The van der Waals surface area contributed by atoms with Crippen molar-refractivity contribution in [1.29, 1.82) is 0 Å². The number of rotatable bonds is 7. The zero-order valence-corrected chi connectivity index (χ0v) is 16.9. The van der Waals surface area contributed by atoms with Crippen LogP contribution < -0.4 is 15.3 Å². The molecule has 3 aromatic rings. The first-order valence-corrected chi connectivity index (χ1v) is 9.78. The Bertz CT molecular complexity index is 1060. The smallest absolute Gasteiger partial charge is 0.322 e. The lowest BCUT2D eigenvalue weighted by Crippen LogP contribution is -2.33. The number of H-pyrrole nitrogens is 1. The van der Waals surface area contributed by atoms with Gasteiger partial charge < -0.3 is 20.3 Å². The maximum absolute atomic E-state index is 11.4. The highest BCUT2D eigenvalue weighted by atomic mass is 32.1. The summed E-state index contributed by atoms with van der Waals surface area (Å²) >= 11 is 1.00. The van der Waals surface area contributed by atoms with Gasteiger partial charge >= 0.3 is 10.8 Å². The summed E-state index contributed by atoms with van der Waals surface area (Å²) in [7, 11) is 1.31. The van der Waals surface area contributed by atoms with Gasteiger partial charge in [0.1, 0.15) is 17.5 Å². The van der Waals surface area contributed by atoms with E-state index in [0.29, 0.717) is 29.2 Å². The molecule has 0 spiro atoms. The van der Waals surface area contributed by atoms with Crippen LogP contribution in [0.15, 0.2) is 47.3 Å². The molecule has 0 amide bonds. The largest absolute Gasteiger partial charge is 0.494 e. The molecule has 1 atom stereocenters. The van der Waals surface area contributed by atoms with E-state index >= 15 is 0 Å². The van der Waals surface area contributed by atoms with Gasteiger partial charge in [0.2, 0.25) is 5.88 Å². The van der Waals surface area contributed by atoms with Crippen LogP contribution in [-0.2, 0) is 22.4 Å². The van der Waals surface area contributed by atoms with Gasteiger partial charge in [-0.1, -0.05) is 35.6 Å². The van der Waals surface area contributed by atoms with Crippen molar-refractivity contribution in [3.8, 4) is 17.4 Å². The molecular formula is C21H22N2O5S. The lowest BCUT2D eigenvalue weighted by atomic mass is 10.1. The SMILES string of the molecule is COC(=O)C(N)Cc1ccc(Oc2ccc(Cc3sc(=O)[nH]c3O)cc2C)cc1. The first-order valence-electron chi connectivity index (χ1n) is 8.96. The Hall–Kier alpha value is -3.10. The molecule has 0 bridgehead atoms. The van der Waals surface area contributed by atoms with Crippen LogP contribution in [0.25, 0.3) is 0 Å². The molecule has 7 nitrogen and oxygen atoms in total. The summed E-state index contributed by atoms with van der Waals surface area (Å²) in [6.07, 6.45) is 0.851. The van der Waals surface area contributed by atoms with E-state index in [0.717, 1.165) is 28.0 Å². The van der Waals surface area contributed by atoms with Crippen molar-refractivity contribution >= 4 is 17.3 Å². The maximum atomic E-state index is 11.4. The Morgan fingerprint density at radius 1 is 1.21 bits per heavy atom. The molecule has 4 N–H and O–H groups in total. The second kappa shape index (κ2) is 8.93. The zero-order valence-electron chi connectivity index (χ0n) is 16.1. The van der Waals surface area contributed by atoms with E-state index in [2.05, 4.69) is 9.72 Å². The van der Waals surface area contributed by atoms with Crippen molar-refractivity contribution in [3.63, 3.8) is 0 Å². The second-order valence-corrected chi connectivity index (χ2v) is 7.71. The monoisotopic (exact) mass is 414 g/mol. The van der Waals surface area contributed by atoms with Crippen LogP contribution in [0.2, 0.25) is 0 Å². The van der Waals surface area contributed by atoms with E-state index in [-0.39, 0.29) is 10.8 Å². The van der Waals surface area contributed by atoms with Crippen LogP contribution in [0.4, 0.5) is 0 Å². The van der Waals surface area contributed by atoms with Crippen LogP contribution >= 0.6 is 11.3 Å². The highest BCUT2D eigenvalue weighted by Gasteiger charge is 2.14. The molecule has 3 rings (SSSR count). The first-order chi connectivity index (χ1) is 13.9. The van der Waals surface area contributed by atoms with E-state index in [9.17, 15) is 14.7 Å². The number of nitrogens with two attached hydrogens (primary N) is 1. The molecule has 0 saturated carbocycles. The molecule has 0 aliphatic carbocycles. The summed E-state index contributed by atoms with van der Waals surface area (Å²) in [4.78, 5) is 25.4. The molecule has 29 heavy (non-hydrogen) atoms. The molecular weight excluding hydrogens is 392 g/mol. The molecule has 2 aromatic carbocycles. The van der Waals surface area contributed by atoms with Gasteiger partial charge in [0.25, 0.3) is 0 Å². The van der Waals surface area contributed by atoms with Crippen molar-refractivity contribution < 1.29 is 19.4 Å². The number of thiazole rings is 1. The Kier molecular flexibility index (Phi) is 6.36. The molecule has 0 fully saturated rings. The Morgan fingerprint density at radius 2 is 1.90 bits per heavy atom. The number of carbonyl (C=O) groups excluding carboxylic acids is 1. The van der Waals surface area contributed by atoms with E-state index < -0.39 is 12.0 Å². The third kappa shape index (κ3) is 5.24. The molecule has 1 unspecified atom stereocenters. The summed E-state index contributed by atoms with van der Waals surface area (Å²) < 4.78 is 10.6. The van der Waals surface area contributed by atoms with E-state index in [1.807, 2.05) is 49.4 Å². The van der Waals surface area contributed by atoms with Crippen LogP contribution in [0.5, 0.6) is 17.4 Å². The van der Waals surface area contributed by atoms with Crippen molar-refractivity contribution in [2.45, 2.75) is 25.8 Å². The number of hydrogen-bond acceptors (Lipinski definition) is 7. The highest BCUT2D eigenvalue weighted by molar-refractivity contribution is 7.09. The fraction of sp³-hybridized carbons (Fsp3) is 0.238. The van der Waals surface area contributed by atoms with Gasteiger partial charge in [0.05, 0.1) is 12.0 Å². The van der Waals surface area contributed by atoms with Crippen LogP contribution in [0.1, 0.15) is 21.6 Å². The number of benzene rings is 2. The topological polar surface area (TPSA) is 115 Å². The minimum atomic E-state index is -0.695. The molecule has 1 heterocycles. The van der Waals surface area contributed by atoms with Gasteiger partial charge in [-0.25, -0.2) is 0 Å². The third-order valence-corrected chi connectivity index (χ3v) is 5.29. The maximum Gasteiger partial charge on any atom is 0.322 e. The van der Waals surface area contributed by atoms with E-state index in [4.69, 9.17) is 10.5 Å². The fourth-order valence-corrected chi connectivity index (χ4v) is 3.66. The number of hydrogen-bond donors (Lipinski definition) is 3. The number of aryl methyl sites for hydroxylation is 1. The quantitative estimate of drug-likeness (QED) is 0.512. The van der Waals surface area contributed by atoms with Crippen molar-refractivity contribution in [2.24, 2.45) is 5.73 Å². The Morgan fingerprint density at radius 3 is 2.48 bits per heavy atom. The molecule has 8 heteroatoms. The number of aromatic amines is 1. The second-order valence-electron chi connectivity index (χ2n) is 6.64. The fourth-order valence-electron chi connectivity index (χ4n) is 2.90. The molecule has 0 aliphatic rings. The van der Waals surface area contributed by atoms with Gasteiger partial charge in [0.15, 0.2) is 0 Å². The summed E-state index contributed by atoms with van der Waals surface area (Å²) in [5, 5.41) is 9.73. The van der Waals surface area contributed by atoms with Crippen molar-refractivity contribution in [3.05, 3.63) is 73.7 Å². The number of esters is 1. The Labute approximate surface area is 171 Å². The average Bonchev–Trinajstić information content (AvgIpc) is 3.01. The van der Waals surface area contributed by atoms with Crippen LogP contribution in [0.3, 0.4) is 0 Å². The van der Waals surface area contributed by atoms with Gasteiger partial charge in [-0.05, 0) is 48.2 Å². The van der Waals surface area contributed by atoms with Gasteiger partial charge in [-0.2, -0.15) is 0 Å². The minimum Gasteiger partial charge on any atom is -0.494 e. The number of carbonyl (C=O) groups is 1. The number of aromatic hydroxyl groups is 1. The van der Waals surface area contributed by atoms with Crippen LogP contribution in [-0.4, -0.2) is 29.2 Å². The molecule has 1 aromatic heterocycles. The summed E-state index contributed by atoms with van der Waals surface area (Å²) in [6.45, 7) is 1.93. The molecule has 152 valence electrons. The number of aromatic nitrogens is 1. The van der Waals surface area contributed by atoms with Gasteiger partial charge in [-0.3, -0.25) is 14.6 Å². The lowest BCUT2D eigenvalue weighted by Gasteiger charge is -2.12. The summed E-state index contributed by atoms with van der Waals surface area (Å²) in [6, 6.07) is 12.4. The molecule has 0 aliphatic heterocycles. The number of ether oxygens (including phenoxy) is 2. The highest BCUT2D eigenvalue weighted by Crippen LogP contribution is 2.28. The molecule has 0 saturated heterocycles. The van der Waals surface area contributed by atoms with Gasteiger partial charge in [0, 0.05) is 6.42 Å². The normalized spacial score (nSPS) is 11.8. The predicted octanol–water partition coefficient (Wildman–Crippen LogP) is 2.88. The van der Waals surface area contributed by atoms with E-state index in [1.165, 1.54) is 7.11 Å². The average molecular weight is 414 g/mol. The first kappa shape index (κ1) is 20.6. The molecule has 0 radical (unpaired) electrons. The lowest BCUT2D eigenvalue weighted by molar-refractivity contribution is -0.142. The zero-order chi connectivity index (χ0) is 21.0. The number of methoxy groups -OCH3 is 1. The Balaban J connectivity index is 1.66. The minimum absolute atomic E-state index is 0.0787. The third-order valence-electron chi connectivity index (χ3n) is 4.42. The predicted molar refractivity (Wildman–Crippen MR) is 111 cm³/mol. The van der Waals surface area contributed by atoms with Crippen molar-refractivity contribution in [1.82, 2.24) is 4.98 Å². The summed E-state index contributed by atoms with van der Waals surface area (Å²) in [5.74, 6) is 0.850. The van der Waals surface area contributed by atoms with Crippen molar-refractivity contribution in [2.75, 3.05) is 7.11 Å². The van der Waals surface area contributed by atoms with Crippen LogP contribution in [0, 0.1) is 6.92 Å².